The van der Waals surface area contributed by atoms with Gasteiger partial charge in [-0.15, -0.1) is 0 Å². The Bertz CT molecular complexity index is 490. The lowest BCUT2D eigenvalue weighted by Crippen LogP contribution is -2.35. The number of benzene rings is 1. The maximum absolute atomic E-state index is 13.9. The van der Waals surface area contributed by atoms with Gasteiger partial charge in [-0.25, -0.2) is 9.18 Å². The summed E-state index contributed by atoms with van der Waals surface area (Å²) in [4.78, 5) is 13.6. The molecule has 1 fully saturated rings. The van der Waals surface area contributed by atoms with E-state index in [1.807, 2.05) is 0 Å². The number of halogens is 1. The van der Waals surface area contributed by atoms with Gasteiger partial charge in [-0.1, -0.05) is 6.07 Å². The molecule has 116 valence electrons. The molecule has 1 N–H and O–H groups in total. The molecular weight excluding hydrogens is 273 g/mol. The molecule has 0 amide bonds. The first kappa shape index (κ1) is 15.9. The molecule has 5 heteroatoms. The number of aliphatic hydroxyl groups is 1. The molecule has 1 aliphatic rings. The number of piperidine rings is 1. The second-order valence-corrected chi connectivity index (χ2v) is 5.56. The molecule has 0 radical (unpaired) electrons. The van der Waals surface area contributed by atoms with Crippen molar-refractivity contribution in [2.45, 2.75) is 25.8 Å². The van der Waals surface area contributed by atoms with Crippen LogP contribution in [0.2, 0.25) is 0 Å². The minimum Gasteiger partial charge on any atom is -0.465 e. The molecule has 4 nitrogen and oxygen atoms in total. The minimum atomic E-state index is -0.653. The van der Waals surface area contributed by atoms with Gasteiger partial charge in [-0.2, -0.15) is 0 Å². The fraction of sp³-hybridized carbons (Fsp3) is 0.562. The van der Waals surface area contributed by atoms with E-state index < -0.39 is 11.8 Å². The van der Waals surface area contributed by atoms with Crippen molar-refractivity contribution in [1.82, 2.24) is 4.90 Å². The number of hydrogen-bond donors (Lipinski definition) is 1. The average Bonchev–Trinajstić information content (AvgIpc) is 2.47. The van der Waals surface area contributed by atoms with Crippen LogP contribution in [0.15, 0.2) is 18.2 Å². The molecule has 0 aliphatic carbocycles. The zero-order chi connectivity index (χ0) is 15.2. The van der Waals surface area contributed by atoms with Crippen LogP contribution in [-0.4, -0.2) is 42.8 Å². The van der Waals surface area contributed by atoms with Gasteiger partial charge < -0.3 is 9.84 Å². The first-order valence-electron chi connectivity index (χ1n) is 7.34. The average molecular weight is 295 g/mol. The van der Waals surface area contributed by atoms with Gasteiger partial charge in [0.05, 0.1) is 12.7 Å². The van der Waals surface area contributed by atoms with E-state index in [9.17, 15) is 9.18 Å². The van der Waals surface area contributed by atoms with Crippen molar-refractivity contribution in [3.05, 3.63) is 35.1 Å². The number of methoxy groups -OCH3 is 1. The number of ether oxygens (including phenoxy) is 1. The third kappa shape index (κ3) is 4.25. The Balaban J connectivity index is 1.99. The van der Waals surface area contributed by atoms with E-state index in [-0.39, 0.29) is 12.2 Å². The van der Waals surface area contributed by atoms with E-state index >= 15 is 0 Å². The number of esters is 1. The minimum absolute atomic E-state index is 0.0296. The van der Waals surface area contributed by atoms with Gasteiger partial charge in [0.15, 0.2) is 0 Å². The summed E-state index contributed by atoms with van der Waals surface area (Å²) >= 11 is 0. The van der Waals surface area contributed by atoms with Crippen LogP contribution in [0.25, 0.3) is 0 Å². The number of hydrogen-bond acceptors (Lipinski definition) is 4. The van der Waals surface area contributed by atoms with Crippen molar-refractivity contribution in [2.24, 2.45) is 5.92 Å². The Morgan fingerprint density at radius 3 is 3.00 bits per heavy atom. The van der Waals surface area contributed by atoms with Gasteiger partial charge in [0.2, 0.25) is 0 Å². The molecule has 0 spiro atoms. The predicted molar refractivity (Wildman–Crippen MR) is 77.4 cm³/mol. The highest BCUT2D eigenvalue weighted by Crippen LogP contribution is 2.21. The molecule has 2 rings (SSSR count). The molecule has 1 unspecified atom stereocenters. The predicted octanol–water partition coefficient (Wildman–Crippen LogP) is 2.21. The summed E-state index contributed by atoms with van der Waals surface area (Å²) < 4.78 is 18.4. The highest BCUT2D eigenvalue weighted by atomic mass is 19.1. The Labute approximate surface area is 124 Å². The monoisotopic (exact) mass is 295 g/mol. The van der Waals surface area contributed by atoms with Crippen LogP contribution >= 0.6 is 0 Å². The molecule has 1 aromatic rings. The van der Waals surface area contributed by atoms with Gasteiger partial charge in [0.25, 0.3) is 0 Å². The van der Waals surface area contributed by atoms with Gasteiger partial charge >= 0.3 is 5.97 Å². The number of likely N-dealkylation sites (tertiary alicyclic amines) is 1. The van der Waals surface area contributed by atoms with Crippen LogP contribution in [0, 0.1) is 11.7 Å². The summed E-state index contributed by atoms with van der Waals surface area (Å²) in [6, 6.07) is 4.65. The molecule has 1 aromatic carbocycles. The van der Waals surface area contributed by atoms with Crippen molar-refractivity contribution < 1.29 is 19.0 Å². The topological polar surface area (TPSA) is 49.8 Å². The Hall–Kier alpha value is -1.46. The van der Waals surface area contributed by atoms with Crippen LogP contribution < -0.4 is 0 Å². The molecule has 1 heterocycles. The van der Waals surface area contributed by atoms with Crippen molar-refractivity contribution in [1.29, 1.82) is 0 Å². The normalized spacial score (nSPS) is 19.5. The first-order valence-corrected chi connectivity index (χ1v) is 7.34. The number of carbonyl (C=O) groups is 1. The van der Waals surface area contributed by atoms with Crippen LogP contribution in [0.5, 0.6) is 0 Å². The number of rotatable bonds is 5. The van der Waals surface area contributed by atoms with Crippen molar-refractivity contribution >= 4 is 5.97 Å². The van der Waals surface area contributed by atoms with E-state index in [1.54, 1.807) is 6.07 Å². The van der Waals surface area contributed by atoms with Crippen molar-refractivity contribution in [3.63, 3.8) is 0 Å². The summed E-state index contributed by atoms with van der Waals surface area (Å²) in [6.45, 7) is 2.81. The van der Waals surface area contributed by atoms with E-state index in [0.29, 0.717) is 12.5 Å². The molecule has 0 aromatic heterocycles. The largest absolute Gasteiger partial charge is 0.465 e. The molecule has 0 bridgehead atoms. The summed E-state index contributed by atoms with van der Waals surface area (Å²) in [7, 11) is 1.24. The highest BCUT2D eigenvalue weighted by molar-refractivity contribution is 5.89. The summed E-state index contributed by atoms with van der Waals surface area (Å²) in [5.41, 5.74) is 0.822. The highest BCUT2D eigenvalue weighted by Gasteiger charge is 2.20. The summed E-state index contributed by atoms with van der Waals surface area (Å²) in [5.74, 6) is -0.675. The molecule has 0 saturated carbocycles. The van der Waals surface area contributed by atoms with E-state index in [2.05, 4.69) is 9.64 Å². The fourth-order valence-corrected chi connectivity index (χ4v) is 2.90. The Kier molecular flexibility index (Phi) is 5.70. The number of carbonyl (C=O) groups excluding carboxylic acids is 1. The molecule has 1 atom stereocenters. The Morgan fingerprint density at radius 1 is 1.52 bits per heavy atom. The van der Waals surface area contributed by atoms with Gasteiger partial charge in [0, 0.05) is 19.7 Å². The van der Waals surface area contributed by atoms with Crippen molar-refractivity contribution in [2.75, 3.05) is 26.8 Å². The van der Waals surface area contributed by atoms with Crippen LogP contribution in [0.3, 0.4) is 0 Å². The van der Waals surface area contributed by atoms with Crippen LogP contribution in [0.1, 0.15) is 35.2 Å². The van der Waals surface area contributed by atoms with Gasteiger partial charge in [-0.05, 0) is 49.4 Å². The van der Waals surface area contributed by atoms with E-state index in [0.717, 1.165) is 37.9 Å². The maximum Gasteiger partial charge on any atom is 0.340 e. The SMILES string of the molecule is COC(=O)c1ccc(CN2CCCC(CCO)C2)cc1F. The quantitative estimate of drug-likeness (QED) is 0.846. The van der Waals surface area contributed by atoms with Crippen LogP contribution in [-0.2, 0) is 11.3 Å². The molecule has 1 aliphatic heterocycles. The maximum atomic E-state index is 13.9. The third-order valence-corrected chi connectivity index (χ3v) is 3.99. The lowest BCUT2D eigenvalue weighted by atomic mass is 9.95. The molecular formula is C16H22FNO3. The second-order valence-electron chi connectivity index (χ2n) is 5.56. The number of nitrogens with zero attached hydrogens (tertiary/aromatic N) is 1. The van der Waals surface area contributed by atoms with E-state index in [4.69, 9.17) is 5.11 Å². The van der Waals surface area contributed by atoms with Crippen molar-refractivity contribution in [3.8, 4) is 0 Å². The summed E-state index contributed by atoms with van der Waals surface area (Å²) in [5, 5.41) is 9.02. The standard InChI is InChI=1S/C16H22FNO3/c1-21-16(20)14-5-4-13(9-15(14)17)11-18-7-2-3-12(10-18)6-8-19/h4-5,9,12,19H,2-3,6-8,10-11H2,1H3. The second kappa shape index (κ2) is 7.52. The first-order chi connectivity index (χ1) is 10.1. The third-order valence-electron chi connectivity index (χ3n) is 3.99. The zero-order valence-electron chi connectivity index (χ0n) is 12.3. The smallest absolute Gasteiger partial charge is 0.340 e. The number of aliphatic hydroxyl groups excluding tert-OH is 1. The molecule has 21 heavy (non-hydrogen) atoms. The molecule has 1 saturated heterocycles. The lowest BCUT2D eigenvalue weighted by molar-refractivity contribution is 0.0595. The fourth-order valence-electron chi connectivity index (χ4n) is 2.90. The van der Waals surface area contributed by atoms with Gasteiger partial charge in [0.1, 0.15) is 5.82 Å². The van der Waals surface area contributed by atoms with Crippen LogP contribution in [0.4, 0.5) is 4.39 Å². The Morgan fingerprint density at radius 2 is 2.33 bits per heavy atom. The summed E-state index contributed by atoms with van der Waals surface area (Å²) in [6.07, 6.45) is 3.08. The van der Waals surface area contributed by atoms with E-state index in [1.165, 1.54) is 19.2 Å². The van der Waals surface area contributed by atoms with Gasteiger partial charge in [-0.3, -0.25) is 4.90 Å². The lowest BCUT2D eigenvalue weighted by Gasteiger charge is -2.32. The zero-order valence-corrected chi connectivity index (χ0v) is 12.3.